The van der Waals surface area contributed by atoms with Gasteiger partial charge in [0.2, 0.25) is 0 Å². The fourth-order valence-electron chi connectivity index (χ4n) is 1.84. The monoisotopic (exact) mass is 282 g/mol. The molecule has 0 bridgehead atoms. The Labute approximate surface area is 121 Å². The number of ether oxygens (including phenoxy) is 3. The SMILES string of the molecule is CCC(NC)c1ccc(OCCCOCCOC)cn1. The highest BCUT2D eigenvalue weighted by molar-refractivity contribution is 5.21. The third-order valence-electron chi connectivity index (χ3n) is 3.01. The summed E-state index contributed by atoms with van der Waals surface area (Å²) in [5.74, 6) is 0.802. The predicted molar refractivity (Wildman–Crippen MR) is 79.1 cm³/mol. The van der Waals surface area contributed by atoms with E-state index in [1.807, 2.05) is 19.2 Å². The molecule has 5 heteroatoms. The number of nitrogens with one attached hydrogen (secondary N) is 1. The van der Waals surface area contributed by atoms with E-state index in [1.54, 1.807) is 13.3 Å². The molecule has 0 radical (unpaired) electrons. The topological polar surface area (TPSA) is 52.6 Å². The highest BCUT2D eigenvalue weighted by Gasteiger charge is 2.07. The second-order valence-electron chi connectivity index (χ2n) is 4.48. The van der Waals surface area contributed by atoms with Crippen molar-refractivity contribution < 1.29 is 14.2 Å². The van der Waals surface area contributed by atoms with Crippen molar-refractivity contribution in [1.29, 1.82) is 0 Å². The van der Waals surface area contributed by atoms with Crippen LogP contribution in [-0.4, -0.2) is 45.6 Å². The summed E-state index contributed by atoms with van der Waals surface area (Å²) in [5, 5.41) is 3.23. The summed E-state index contributed by atoms with van der Waals surface area (Å²) in [4.78, 5) is 4.42. The minimum absolute atomic E-state index is 0.304. The van der Waals surface area contributed by atoms with E-state index in [1.165, 1.54) is 0 Å². The van der Waals surface area contributed by atoms with Crippen LogP contribution in [0, 0.1) is 0 Å². The van der Waals surface area contributed by atoms with Crippen LogP contribution in [0.4, 0.5) is 0 Å². The Balaban J connectivity index is 2.21. The number of hydrogen-bond acceptors (Lipinski definition) is 5. The molecule has 1 rings (SSSR count). The van der Waals surface area contributed by atoms with Crippen LogP contribution in [0.5, 0.6) is 5.75 Å². The number of pyridine rings is 1. The third kappa shape index (κ3) is 6.32. The molecule has 1 aromatic heterocycles. The van der Waals surface area contributed by atoms with Gasteiger partial charge in [-0.1, -0.05) is 6.92 Å². The van der Waals surface area contributed by atoms with Gasteiger partial charge in [-0.2, -0.15) is 0 Å². The Bertz CT molecular complexity index is 339. The highest BCUT2D eigenvalue weighted by Crippen LogP contribution is 2.16. The van der Waals surface area contributed by atoms with Crippen molar-refractivity contribution in [3.8, 4) is 5.75 Å². The molecule has 1 unspecified atom stereocenters. The molecule has 20 heavy (non-hydrogen) atoms. The molecule has 0 aliphatic rings. The van der Waals surface area contributed by atoms with Gasteiger partial charge < -0.3 is 19.5 Å². The molecular weight excluding hydrogens is 256 g/mol. The highest BCUT2D eigenvalue weighted by atomic mass is 16.5. The van der Waals surface area contributed by atoms with Crippen molar-refractivity contribution in [2.24, 2.45) is 0 Å². The molecule has 0 saturated carbocycles. The van der Waals surface area contributed by atoms with Crippen LogP contribution in [-0.2, 0) is 9.47 Å². The zero-order chi connectivity index (χ0) is 14.6. The minimum atomic E-state index is 0.304. The van der Waals surface area contributed by atoms with Crippen molar-refractivity contribution >= 4 is 0 Å². The number of aromatic nitrogens is 1. The van der Waals surface area contributed by atoms with Crippen LogP contribution in [0.3, 0.4) is 0 Å². The second kappa shape index (κ2) is 10.6. The molecule has 0 fully saturated rings. The molecule has 0 aliphatic heterocycles. The lowest BCUT2D eigenvalue weighted by atomic mass is 10.1. The van der Waals surface area contributed by atoms with Crippen molar-refractivity contribution in [3.05, 3.63) is 24.0 Å². The van der Waals surface area contributed by atoms with E-state index >= 15 is 0 Å². The van der Waals surface area contributed by atoms with Gasteiger partial charge >= 0.3 is 0 Å². The maximum Gasteiger partial charge on any atom is 0.137 e. The van der Waals surface area contributed by atoms with Crippen LogP contribution < -0.4 is 10.1 Å². The molecule has 114 valence electrons. The van der Waals surface area contributed by atoms with E-state index in [2.05, 4.69) is 17.2 Å². The van der Waals surface area contributed by atoms with Crippen LogP contribution in [0.1, 0.15) is 31.5 Å². The van der Waals surface area contributed by atoms with Gasteiger partial charge in [-0.15, -0.1) is 0 Å². The fourth-order valence-corrected chi connectivity index (χ4v) is 1.84. The van der Waals surface area contributed by atoms with Crippen LogP contribution in [0.25, 0.3) is 0 Å². The maximum absolute atomic E-state index is 5.62. The van der Waals surface area contributed by atoms with E-state index in [0.29, 0.717) is 32.5 Å². The average Bonchev–Trinajstić information content (AvgIpc) is 2.49. The van der Waals surface area contributed by atoms with Gasteiger partial charge in [0.25, 0.3) is 0 Å². The molecule has 5 nitrogen and oxygen atoms in total. The van der Waals surface area contributed by atoms with Crippen molar-refractivity contribution in [2.45, 2.75) is 25.8 Å². The molecule has 0 aliphatic carbocycles. The van der Waals surface area contributed by atoms with Crippen LogP contribution >= 0.6 is 0 Å². The van der Waals surface area contributed by atoms with Gasteiger partial charge in [-0.25, -0.2) is 0 Å². The van der Waals surface area contributed by atoms with E-state index in [-0.39, 0.29) is 0 Å². The van der Waals surface area contributed by atoms with E-state index in [4.69, 9.17) is 14.2 Å². The molecular formula is C15H26N2O3. The zero-order valence-electron chi connectivity index (χ0n) is 12.7. The molecule has 1 heterocycles. The van der Waals surface area contributed by atoms with Crippen LogP contribution in [0.15, 0.2) is 18.3 Å². The fraction of sp³-hybridized carbons (Fsp3) is 0.667. The largest absolute Gasteiger partial charge is 0.492 e. The van der Waals surface area contributed by atoms with E-state index in [9.17, 15) is 0 Å². The first-order chi connectivity index (χ1) is 9.81. The van der Waals surface area contributed by atoms with Gasteiger partial charge in [0, 0.05) is 26.2 Å². The molecule has 0 saturated heterocycles. The molecule has 0 amide bonds. The first kappa shape index (κ1) is 16.9. The van der Waals surface area contributed by atoms with Gasteiger partial charge in [-0.3, -0.25) is 4.98 Å². The van der Waals surface area contributed by atoms with Gasteiger partial charge in [-0.05, 0) is 25.6 Å². The Morgan fingerprint density at radius 3 is 2.65 bits per heavy atom. The maximum atomic E-state index is 5.62. The lowest BCUT2D eigenvalue weighted by Gasteiger charge is -2.13. The van der Waals surface area contributed by atoms with Crippen molar-refractivity contribution in [3.63, 3.8) is 0 Å². The molecule has 1 N–H and O–H groups in total. The third-order valence-corrected chi connectivity index (χ3v) is 3.01. The Morgan fingerprint density at radius 1 is 1.20 bits per heavy atom. The Kier molecular flexibility index (Phi) is 8.95. The average molecular weight is 282 g/mol. The quantitative estimate of drug-likeness (QED) is 0.630. The lowest BCUT2D eigenvalue weighted by Crippen LogP contribution is -2.16. The van der Waals surface area contributed by atoms with E-state index in [0.717, 1.165) is 24.3 Å². The standard InChI is InChI=1S/C15H26N2O3/c1-4-14(16-2)15-7-6-13(12-17-15)20-9-5-8-19-11-10-18-3/h6-7,12,14,16H,4-5,8-11H2,1-3H3. The first-order valence-electron chi connectivity index (χ1n) is 7.14. The predicted octanol–water partition coefficient (Wildman–Crippen LogP) is 2.18. The summed E-state index contributed by atoms with van der Waals surface area (Å²) in [6.07, 6.45) is 3.66. The van der Waals surface area contributed by atoms with Crippen molar-refractivity contribution in [2.75, 3.05) is 40.6 Å². The van der Waals surface area contributed by atoms with Gasteiger partial charge in [0.1, 0.15) is 5.75 Å². The first-order valence-corrected chi connectivity index (χ1v) is 7.14. The van der Waals surface area contributed by atoms with E-state index < -0.39 is 0 Å². The number of rotatable bonds is 11. The number of methoxy groups -OCH3 is 1. The lowest BCUT2D eigenvalue weighted by molar-refractivity contribution is 0.0644. The molecule has 1 aromatic rings. The number of hydrogen-bond donors (Lipinski definition) is 1. The van der Waals surface area contributed by atoms with Crippen LogP contribution in [0.2, 0.25) is 0 Å². The Hall–Kier alpha value is -1.17. The summed E-state index contributed by atoms with van der Waals surface area (Å²) in [6.45, 7) is 4.73. The number of nitrogens with zero attached hydrogens (tertiary/aromatic N) is 1. The summed E-state index contributed by atoms with van der Waals surface area (Å²) in [6, 6.07) is 4.28. The summed E-state index contributed by atoms with van der Waals surface area (Å²) in [7, 11) is 3.62. The zero-order valence-corrected chi connectivity index (χ0v) is 12.7. The molecule has 0 spiro atoms. The summed E-state index contributed by atoms with van der Waals surface area (Å²) < 4.78 is 15.9. The Morgan fingerprint density at radius 2 is 2.05 bits per heavy atom. The normalized spacial score (nSPS) is 12.3. The summed E-state index contributed by atoms with van der Waals surface area (Å²) in [5.41, 5.74) is 1.05. The second-order valence-corrected chi connectivity index (χ2v) is 4.48. The smallest absolute Gasteiger partial charge is 0.137 e. The van der Waals surface area contributed by atoms with Crippen molar-refractivity contribution in [1.82, 2.24) is 10.3 Å². The van der Waals surface area contributed by atoms with Gasteiger partial charge in [0.15, 0.2) is 0 Å². The van der Waals surface area contributed by atoms with Gasteiger partial charge in [0.05, 0.1) is 31.7 Å². The molecule has 1 atom stereocenters. The minimum Gasteiger partial charge on any atom is -0.492 e. The molecule has 0 aromatic carbocycles. The summed E-state index contributed by atoms with van der Waals surface area (Å²) >= 11 is 0.